The second-order valence-corrected chi connectivity index (χ2v) is 11.4. The van der Waals surface area contributed by atoms with Crippen molar-refractivity contribution in [1.82, 2.24) is 15.1 Å². The monoisotopic (exact) mass is 537 g/mol. The van der Waals surface area contributed by atoms with Crippen LogP contribution in [0, 0.1) is 5.92 Å². The van der Waals surface area contributed by atoms with Gasteiger partial charge in [-0.05, 0) is 40.0 Å². The van der Waals surface area contributed by atoms with Crippen molar-refractivity contribution in [2.24, 2.45) is 5.92 Å². The van der Waals surface area contributed by atoms with Gasteiger partial charge in [0.1, 0.15) is 12.2 Å². The van der Waals surface area contributed by atoms with Gasteiger partial charge < -0.3 is 34.3 Å². The fourth-order valence-electron chi connectivity index (χ4n) is 6.14. The molecule has 2 N–H and O–H groups in total. The molecule has 1 saturated carbocycles. The molecule has 38 heavy (non-hydrogen) atoms. The van der Waals surface area contributed by atoms with E-state index in [4.69, 9.17) is 24.1 Å². The largest absolute Gasteiger partial charge is 0.481 e. The number of carboxylic acid groups (broad SMARTS) is 1. The maximum Gasteiger partial charge on any atom is 0.317 e. The van der Waals surface area contributed by atoms with Gasteiger partial charge in [-0.1, -0.05) is 11.6 Å². The first kappa shape index (κ1) is 28.8. The maximum absolute atomic E-state index is 13.2. The lowest BCUT2D eigenvalue weighted by molar-refractivity contribution is -0.148. The van der Waals surface area contributed by atoms with E-state index in [1.54, 1.807) is 7.11 Å². The molecule has 6 atom stereocenters. The molecule has 4 aliphatic rings. The molecule has 0 aromatic heterocycles. The number of piperazine rings is 1. The SMILES string of the molecule is CO[C@@H]1[C@H](NC(=O)N2CCN(CCOC(=O)CCC(=O)O)CC2)CC[C@]2(CO2)[C@H]1[C@@]1(C)O[C@@H]1CC=C(C)C. The number of hydrogen-bond donors (Lipinski definition) is 2. The molecule has 1 spiro atoms. The highest BCUT2D eigenvalue weighted by molar-refractivity contribution is 5.76. The van der Waals surface area contributed by atoms with E-state index < -0.39 is 11.9 Å². The molecule has 3 aliphatic heterocycles. The summed E-state index contributed by atoms with van der Waals surface area (Å²) in [5.74, 6) is -1.48. The Labute approximate surface area is 224 Å². The summed E-state index contributed by atoms with van der Waals surface area (Å²) >= 11 is 0. The Kier molecular flexibility index (Phi) is 9.01. The van der Waals surface area contributed by atoms with Crippen LogP contribution in [0.2, 0.25) is 0 Å². The minimum Gasteiger partial charge on any atom is -0.481 e. The number of nitrogens with zero attached hydrogens (tertiary/aromatic N) is 2. The van der Waals surface area contributed by atoms with Crippen LogP contribution in [0.25, 0.3) is 0 Å². The van der Waals surface area contributed by atoms with Gasteiger partial charge in [-0.25, -0.2) is 4.79 Å². The van der Waals surface area contributed by atoms with Crippen LogP contribution in [-0.2, 0) is 28.5 Å². The van der Waals surface area contributed by atoms with E-state index in [1.807, 2.05) is 4.90 Å². The van der Waals surface area contributed by atoms with Crippen molar-refractivity contribution in [3.05, 3.63) is 11.6 Å². The summed E-state index contributed by atoms with van der Waals surface area (Å²) in [6.07, 6.45) is 4.32. The fourth-order valence-corrected chi connectivity index (χ4v) is 6.14. The third kappa shape index (κ3) is 6.67. The molecular formula is C27H43N3O8. The lowest BCUT2D eigenvalue weighted by atomic mass is 9.67. The standard InChI is InChI=1S/C27H43N3O8/c1-18(2)5-6-20-26(3,38-20)24-23(35-4)19(9-10-27(24)17-37-27)28-25(34)30-13-11-29(12-14-30)15-16-36-22(33)8-7-21(31)32/h5,19-20,23-24H,6-17H2,1-4H3,(H,28,34)(H,31,32)/t19-,20-,23-,24-,26+,27+/m1/s1. The highest BCUT2D eigenvalue weighted by Crippen LogP contribution is 2.59. The molecule has 0 radical (unpaired) electrons. The smallest absolute Gasteiger partial charge is 0.317 e. The van der Waals surface area contributed by atoms with E-state index in [-0.39, 0.29) is 60.8 Å². The van der Waals surface area contributed by atoms with Gasteiger partial charge in [-0.3, -0.25) is 14.5 Å². The second-order valence-electron chi connectivity index (χ2n) is 11.4. The van der Waals surface area contributed by atoms with Gasteiger partial charge in [0.2, 0.25) is 0 Å². The summed E-state index contributed by atoms with van der Waals surface area (Å²) < 4.78 is 23.4. The third-order valence-electron chi connectivity index (χ3n) is 8.48. The molecule has 214 valence electrons. The molecule has 0 bridgehead atoms. The Hall–Kier alpha value is -2.21. The molecule has 2 amide bonds. The summed E-state index contributed by atoms with van der Waals surface area (Å²) in [4.78, 5) is 39.3. The van der Waals surface area contributed by atoms with Gasteiger partial charge in [0.15, 0.2) is 0 Å². The number of ether oxygens (including phenoxy) is 4. The number of amides is 2. The number of methoxy groups -OCH3 is 1. The van der Waals surface area contributed by atoms with Crippen LogP contribution in [0.1, 0.15) is 52.9 Å². The second kappa shape index (κ2) is 11.9. The number of esters is 1. The van der Waals surface area contributed by atoms with Crippen LogP contribution in [-0.4, -0.2) is 115 Å². The first-order chi connectivity index (χ1) is 18.1. The average molecular weight is 538 g/mol. The molecule has 3 heterocycles. The van der Waals surface area contributed by atoms with Crippen LogP contribution in [0.4, 0.5) is 4.79 Å². The average Bonchev–Trinajstić information content (AvgIpc) is 3.79. The zero-order chi connectivity index (χ0) is 27.5. The van der Waals surface area contributed by atoms with Crippen molar-refractivity contribution in [2.45, 2.75) is 82.3 Å². The molecule has 0 unspecified atom stereocenters. The molecule has 0 aromatic rings. The molecule has 11 nitrogen and oxygen atoms in total. The maximum atomic E-state index is 13.2. The van der Waals surface area contributed by atoms with Gasteiger partial charge >= 0.3 is 18.0 Å². The first-order valence-electron chi connectivity index (χ1n) is 13.7. The van der Waals surface area contributed by atoms with Gasteiger partial charge in [0.25, 0.3) is 0 Å². The molecule has 4 rings (SSSR count). The minimum absolute atomic E-state index is 0.0460. The summed E-state index contributed by atoms with van der Waals surface area (Å²) in [6, 6.07) is -0.216. The molecule has 4 fully saturated rings. The van der Waals surface area contributed by atoms with E-state index in [0.29, 0.717) is 39.3 Å². The topological polar surface area (TPSA) is 133 Å². The number of epoxide rings is 2. The lowest BCUT2D eigenvalue weighted by Gasteiger charge is -2.44. The van der Waals surface area contributed by atoms with Crippen molar-refractivity contribution in [3.8, 4) is 0 Å². The molecule has 11 heteroatoms. The third-order valence-corrected chi connectivity index (χ3v) is 8.48. The van der Waals surface area contributed by atoms with E-state index in [0.717, 1.165) is 19.3 Å². The Balaban J connectivity index is 1.25. The van der Waals surface area contributed by atoms with Crippen molar-refractivity contribution < 1.29 is 38.4 Å². The Morgan fingerprint density at radius 2 is 1.87 bits per heavy atom. The Morgan fingerprint density at radius 3 is 2.47 bits per heavy atom. The van der Waals surface area contributed by atoms with Crippen LogP contribution in [0.5, 0.6) is 0 Å². The summed E-state index contributed by atoms with van der Waals surface area (Å²) in [7, 11) is 1.71. The number of urea groups is 1. The minimum atomic E-state index is -1.02. The number of hydrogen-bond acceptors (Lipinski definition) is 8. The highest BCUT2D eigenvalue weighted by Gasteiger charge is 2.71. The zero-order valence-corrected chi connectivity index (χ0v) is 23.1. The molecule has 0 aromatic carbocycles. The Bertz CT molecular complexity index is 910. The summed E-state index contributed by atoms with van der Waals surface area (Å²) in [5, 5.41) is 11.9. The molecule has 1 aliphatic carbocycles. The molecular weight excluding hydrogens is 494 g/mol. The van der Waals surface area contributed by atoms with Crippen molar-refractivity contribution >= 4 is 18.0 Å². The lowest BCUT2D eigenvalue weighted by Crippen LogP contribution is -2.61. The van der Waals surface area contributed by atoms with Gasteiger partial charge in [-0.15, -0.1) is 0 Å². The van der Waals surface area contributed by atoms with Crippen molar-refractivity contribution in [1.29, 1.82) is 0 Å². The fraction of sp³-hybridized carbons (Fsp3) is 0.815. The first-order valence-corrected chi connectivity index (χ1v) is 13.7. The zero-order valence-electron chi connectivity index (χ0n) is 23.1. The van der Waals surface area contributed by atoms with Crippen LogP contribution >= 0.6 is 0 Å². The summed E-state index contributed by atoms with van der Waals surface area (Å²) in [5.41, 5.74) is 0.711. The van der Waals surface area contributed by atoms with Crippen LogP contribution in [0.3, 0.4) is 0 Å². The number of nitrogens with one attached hydrogen (secondary N) is 1. The normalized spacial score (nSPS) is 34.5. The summed E-state index contributed by atoms with van der Waals surface area (Å²) in [6.45, 7) is 10.3. The quantitative estimate of drug-likeness (QED) is 0.230. The van der Waals surface area contributed by atoms with E-state index in [2.05, 4.69) is 37.1 Å². The predicted octanol–water partition coefficient (Wildman–Crippen LogP) is 1.80. The van der Waals surface area contributed by atoms with Crippen LogP contribution in [0.15, 0.2) is 11.6 Å². The van der Waals surface area contributed by atoms with Crippen molar-refractivity contribution in [3.63, 3.8) is 0 Å². The number of rotatable bonds is 11. The predicted molar refractivity (Wildman–Crippen MR) is 138 cm³/mol. The van der Waals surface area contributed by atoms with Gasteiger partial charge in [-0.2, -0.15) is 0 Å². The Morgan fingerprint density at radius 1 is 1.16 bits per heavy atom. The number of carbonyl (C=O) groups excluding carboxylic acids is 2. The number of allylic oxidation sites excluding steroid dienone is 1. The molecule has 3 saturated heterocycles. The van der Waals surface area contributed by atoms with Gasteiger partial charge in [0, 0.05) is 45.8 Å². The number of carbonyl (C=O) groups is 3. The number of aliphatic carboxylic acids is 1. The van der Waals surface area contributed by atoms with E-state index in [9.17, 15) is 14.4 Å². The number of carboxylic acids is 1. The van der Waals surface area contributed by atoms with Crippen molar-refractivity contribution in [2.75, 3.05) is 53.0 Å². The van der Waals surface area contributed by atoms with E-state index in [1.165, 1.54) is 5.57 Å². The van der Waals surface area contributed by atoms with Crippen LogP contribution < -0.4 is 5.32 Å². The highest BCUT2D eigenvalue weighted by atomic mass is 16.6. The van der Waals surface area contributed by atoms with Gasteiger partial charge in [0.05, 0.1) is 43.3 Å². The van der Waals surface area contributed by atoms with E-state index >= 15 is 0 Å².